The van der Waals surface area contributed by atoms with E-state index < -0.39 is 4.92 Å². The van der Waals surface area contributed by atoms with Crippen LogP contribution in [-0.2, 0) is 11.2 Å². The predicted octanol–water partition coefficient (Wildman–Crippen LogP) is 4.49. The SMILES string of the molecule is Cc1ccc(Nc2nnc(SCC(=O)N3CCc4cc([N+](=O)[O-])ccc43)s2)cc1C. The number of nitrogens with zero attached hydrogens (tertiary/aromatic N) is 4. The minimum Gasteiger partial charge on any atom is -0.330 e. The molecule has 0 unspecified atom stereocenters. The number of aromatic nitrogens is 2. The summed E-state index contributed by atoms with van der Waals surface area (Å²) in [6, 6.07) is 10.7. The highest BCUT2D eigenvalue weighted by Gasteiger charge is 2.26. The molecule has 0 saturated heterocycles. The van der Waals surface area contributed by atoms with Gasteiger partial charge in [0.2, 0.25) is 11.0 Å². The highest BCUT2D eigenvalue weighted by atomic mass is 32.2. The summed E-state index contributed by atoms with van der Waals surface area (Å²) in [5.74, 6) is 0.181. The molecular formula is C20H19N5O3S2. The molecule has 1 aliphatic heterocycles. The number of anilines is 3. The summed E-state index contributed by atoms with van der Waals surface area (Å²) >= 11 is 2.74. The standard InChI is InChI=1S/C20H19N5O3S2/c1-12-3-4-15(9-13(12)2)21-19-22-23-20(30-19)29-11-18(26)24-8-7-14-10-16(25(27)28)5-6-17(14)24/h3-6,9-10H,7-8,11H2,1-2H3,(H,21,22). The van der Waals surface area contributed by atoms with Crippen molar-refractivity contribution >= 4 is 51.2 Å². The molecule has 0 bridgehead atoms. The first kappa shape index (κ1) is 20.3. The quantitative estimate of drug-likeness (QED) is 0.342. The second-order valence-corrected chi connectivity index (χ2v) is 9.15. The predicted molar refractivity (Wildman–Crippen MR) is 119 cm³/mol. The molecule has 1 aromatic heterocycles. The summed E-state index contributed by atoms with van der Waals surface area (Å²) in [5.41, 5.74) is 5.00. The maximum atomic E-state index is 12.7. The van der Waals surface area contributed by atoms with Gasteiger partial charge in [-0.05, 0) is 55.2 Å². The number of thioether (sulfide) groups is 1. The van der Waals surface area contributed by atoms with Crippen molar-refractivity contribution in [2.75, 3.05) is 22.5 Å². The fourth-order valence-corrected chi connectivity index (χ4v) is 4.87. The number of benzene rings is 2. The van der Waals surface area contributed by atoms with Crippen molar-refractivity contribution in [1.29, 1.82) is 0 Å². The molecule has 1 N–H and O–H groups in total. The Labute approximate surface area is 181 Å². The van der Waals surface area contributed by atoms with Crippen LogP contribution < -0.4 is 10.2 Å². The smallest absolute Gasteiger partial charge is 0.269 e. The zero-order chi connectivity index (χ0) is 21.3. The second kappa shape index (κ2) is 8.41. The number of carbonyl (C=O) groups is 1. The van der Waals surface area contributed by atoms with Crippen molar-refractivity contribution in [3.63, 3.8) is 0 Å². The number of carbonyl (C=O) groups excluding carboxylic acids is 1. The number of non-ortho nitro benzene ring substituents is 1. The fourth-order valence-electron chi connectivity index (χ4n) is 3.22. The molecule has 2 aromatic carbocycles. The fraction of sp³-hybridized carbons (Fsp3) is 0.250. The number of amides is 1. The van der Waals surface area contributed by atoms with Crippen molar-refractivity contribution in [2.45, 2.75) is 24.6 Å². The Morgan fingerprint density at radius 1 is 1.23 bits per heavy atom. The number of rotatable bonds is 6. The van der Waals surface area contributed by atoms with Gasteiger partial charge in [-0.15, -0.1) is 10.2 Å². The minimum atomic E-state index is -0.417. The second-order valence-electron chi connectivity index (χ2n) is 6.95. The summed E-state index contributed by atoms with van der Waals surface area (Å²) in [6.07, 6.45) is 0.621. The molecule has 3 aromatic rings. The lowest BCUT2D eigenvalue weighted by Crippen LogP contribution is -2.30. The number of nitrogens with one attached hydrogen (secondary N) is 1. The van der Waals surface area contributed by atoms with Crippen LogP contribution in [0.15, 0.2) is 40.7 Å². The maximum Gasteiger partial charge on any atom is 0.269 e. The van der Waals surface area contributed by atoms with Crippen LogP contribution >= 0.6 is 23.1 Å². The van der Waals surface area contributed by atoms with E-state index in [0.717, 1.165) is 16.9 Å². The van der Waals surface area contributed by atoms with E-state index in [1.807, 2.05) is 6.07 Å². The Hall–Kier alpha value is -2.98. The molecule has 0 radical (unpaired) electrons. The molecule has 8 nitrogen and oxygen atoms in total. The molecule has 2 heterocycles. The summed E-state index contributed by atoms with van der Waals surface area (Å²) < 4.78 is 0.706. The van der Waals surface area contributed by atoms with Crippen LogP contribution in [0.3, 0.4) is 0 Å². The Morgan fingerprint density at radius 2 is 2.07 bits per heavy atom. The average molecular weight is 442 g/mol. The zero-order valence-corrected chi connectivity index (χ0v) is 18.0. The number of aryl methyl sites for hydroxylation is 2. The molecule has 0 atom stereocenters. The van der Waals surface area contributed by atoms with Crippen molar-refractivity contribution in [3.8, 4) is 0 Å². The third kappa shape index (κ3) is 4.29. The molecule has 154 valence electrons. The molecule has 0 spiro atoms. The van der Waals surface area contributed by atoms with E-state index in [4.69, 9.17) is 0 Å². The zero-order valence-electron chi connectivity index (χ0n) is 16.4. The van der Waals surface area contributed by atoms with Crippen molar-refractivity contribution in [1.82, 2.24) is 10.2 Å². The van der Waals surface area contributed by atoms with Crippen LogP contribution in [0.5, 0.6) is 0 Å². The highest BCUT2D eigenvalue weighted by Crippen LogP contribution is 2.33. The molecule has 30 heavy (non-hydrogen) atoms. The van der Waals surface area contributed by atoms with Crippen molar-refractivity contribution < 1.29 is 9.72 Å². The Morgan fingerprint density at radius 3 is 2.83 bits per heavy atom. The van der Waals surface area contributed by atoms with Gasteiger partial charge in [0.1, 0.15) is 0 Å². The van der Waals surface area contributed by atoms with E-state index >= 15 is 0 Å². The number of nitro benzene ring substituents is 1. The maximum absolute atomic E-state index is 12.7. The average Bonchev–Trinajstić information content (AvgIpc) is 3.35. The van der Waals surface area contributed by atoms with Gasteiger partial charge in [-0.25, -0.2) is 0 Å². The van der Waals surface area contributed by atoms with Crippen LogP contribution in [0.1, 0.15) is 16.7 Å². The van der Waals surface area contributed by atoms with E-state index in [9.17, 15) is 14.9 Å². The molecule has 1 amide bonds. The van der Waals surface area contributed by atoms with Gasteiger partial charge in [0, 0.05) is 30.1 Å². The Kier molecular flexibility index (Phi) is 5.69. The summed E-state index contributed by atoms with van der Waals surface area (Å²) in [5, 5.41) is 23.1. The minimum absolute atomic E-state index is 0.0496. The van der Waals surface area contributed by atoms with Crippen LogP contribution in [0, 0.1) is 24.0 Å². The monoisotopic (exact) mass is 441 g/mol. The molecule has 0 aliphatic carbocycles. The Bertz CT molecular complexity index is 1130. The summed E-state index contributed by atoms with van der Waals surface area (Å²) in [6.45, 7) is 4.66. The topological polar surface area (TPSA) is 101 Å². The number of nitro groups is 1. The molecule has 1 aliphatic rings. The first-order valence-corrected chi connectivity index (χ1v) is 11.1. The van der Waals surface area contributed by atoms with Crippen LogP contribution in [-0.4, -0.2) is 33.3 Å². The van der Waals surface area contributed by atoms with E-state index in [2.05, 4.69) is 41.5 Å². The van der Waals surface area contributed by atoms with Gasteiger partial charge >= 0.3 is 0 Å². The van der Waals surface area contributed by atoms with E-state index in [1.54, 1.807) is 17.0 Å². The van der Waals surface area contributed by atoms with Gasteiger partial charge < -0.3 is 10.2 Å². The third-order valence-corrected chi connectivity index (χ3v) is 6.91. The van der Waals surface area contributed by atoms with Gasteiger partial charge in [0.05, 0.1) is 10.7 Å². The number of hydrogen-bond acceptors (Lipinski definition) is 8. The van der Waals surface area contributed by atoms with E-state index in [-0.39, 0.29) is 17.3 Å². The van der Waals surface area contributed by atoms with Gasteiger partial charge in [-0.1, -0.05) is 29.2 Å². The lowest BCUT2D eigenvalue weighted by molar-refractivity contribution is -0.384. The molecule has 0 saturated carbocycles. The van der Waals surface area contributed by atoms with E-state index in [1.165, 1.54) is 40.3 Å². The van der Waals surface area contributed by atoms with Gasteiger partial charge in [0.15, 0.2) is 4.34 Å². The van der Waals surface area contributed by atoms with Gasteiger partial charge in [-0.2, -0.15) is 0 Å². The first-order chi connectivity index (χ1) is 14.4. The largest absolute Gasteiger partial charge is 0.330 e. The lowest BCUT2D eigenvalue weighted by Gasteiger charge is -2.16. The number of fused-ring (bicyclic) bond motifs is 1. The first-order valence-electron chi connectivity index (χ1n) is 9.29. The van der Waals surface area contributed by atoms with Gasteiger partial charge in [-0.3, -0.25) is 14.9 Å². The molecule has 4 rings (SSSR count). The Balaban J connectivity index is 1.36. The lowest BCUT2D eigenvalue weighted by atomic mass is 10.1. The molecule has 0 fully saturated rings. The van der Waals surface area contributed by atoms with Crippen molar-refractivity contribution in [3.05, 3.63) is 63.2 Å². The number of hydrogen-bond donors (Lipinski definition) is 1. The third-order valence-electron chi connectivity index (χ3n) is 4.95. The van der Waals surface area contributed by atoms with Crippen molar-refractivity contribution in [2.24, 2.45) is 0 Å². The van der Waals surface area contributed by atoms with Crippen LogP contribution in [0.4, 0.5) is 22.2 Å². The summed E-state index contributed by atoms with van der Waals surface area (Å²) in [4.78, 5) is 24.9. The summed E-state index contributed by atoms with van der Waals surface area (Å²) in [7, 11) is 0. The van der Waals surface area contributed by atoms with E-state index in [0.29, 0.717) is 22.4 Å². The van der Waals surface area contributed by atoms with Crippen LogP contribution in [0.25, 0.3) is 0 Å². The van der Waals surface area contributed by atoms with Gasteiger partial charge in [0.25, 0.3) is 5.69 Å². The normalized spacial score (nSPS) is 12.7. The molecular weight excluding hydrogens is 422 g/mol. The highest BCUT2D eigenvalue weighted by molar-refractivity contribution is 8.01. The van der Waals surface area contributed by atoms with Crippen LogP contribution in [0.2, 0.25) is 0 Å². The molecule has 10 heteroatoms.